The Morgan fingerprint density at radius 1 is 1.42 bits per heavy atom. The first kappa shape index (κ1) is 15.0. The second kappa shape index (κ2) is 6.86. The van der Waals surface area contributed by atoms with Crippen LogP contribution in [-0.2, 0) is 20.0 Å². The van der Waals surface area contributed by atoms with Crippen molar-refractivity contribution in [1.29, 1.82) is 0 Å². The second-order valence-corrected chi connectivity index (χ2v) is 6.09. The van der Waals surface area contributed by atoms with Crippen molar-refractivity contribution < 1.29 is 0 Å². The van der Waals surface area contributed by atoms with Gasteiger partial charge in [-0.1, -0.05) is 20.3 Å². The van der Waals surface area contributed by atoms with Gasteiger partial charge < -0.3 is 5.32 Å². The van der Waals surface area contributed by atoms with Gasteiger partial charge in [-0.15, -0.1) is 0 Å². The van der Waals surface area contributed by atoms with E-state index in [4.69, 9.17) is 0 Å². The molecule has 0 aliphatic carbocycles. The maximum Gasteiger partial charge on any atom is 0.0767 e. The molecule has 0 saturated carbocycles. The minimum absolute atomic E-state index is 0.658. The molecule has 1 unspecified atom stereocenters. The topological polar surface area (TPSA) is 33.1 Å². The number of aromatic nitrogens is 2. The Hall–Kier alpha value is -0.390. The van der Waals surface area contributed by atoms with Gasteiger partial charge in [0.05, 0.1) is 15.9 Å². The van der Waals surface area contributed by atoms with Crippen LogP contribution in [0.15, 0.2) is 4.47 Å². The Bertz CT molecular complexity index is 414. The number of aryl methyl sites for hydroxylation is 2. The van der Waals surface area contributed by atoms with Gasteiger partial charge in [0.25, 0.3) is 0 Å². The highest BCUT2D eigenvalue weighted by atomic mass is 79.9. The van der Waals surface area contributed by atoms with Gasteiger partial charge in [0.1, 0.15) is 0 Å². The molecule has 19 heavy (non-hydrogen) atoms. The largest absolute Gasteiger partial charge is 0.314 e. The van der Waals surface area contributed by atoms with Crippen molar-refractivity contribution in [2.24, 2.45) is 7.05 Å². The summed E-state index contributed by atoms with van der Waals surface area (Å²) in [6.07, 6.45) is 3.49. The minimum atomic E-state index is 0.658. The molecule has 0 radical (unpaired) electrons. The molecule has 1 atom stereocenters. The van der Waals surface area contributed by atoms with Crippen molar-refractivity contribution >= 4 is 15.9 Å². The molecule has 1 aromatic heterocycles. The molecule has 2 heterocycles. The number of piperazine rings is 1. The molecule has 1 N–H and O–H groups in total. The number of rotatable bonds is 5. The van der Waals surface area contributed by atoms with Crippen LogP contribution in [0, 0.1) is 0 Å². The molecule has 0 bridgehead atoms. The predicted octanol–water partition coefficient (Wildman–Crippen LogP) is 2.32. The SMILES string of the molecule is CCCC1CNCCN1Cc1c(Br)c(CC)nn1C. The molecule has 0 aromatic carbocycles. The average Bonchev–Trinajstić information content (AvgIpc) is 2.68. The smallest absolute Gasteiger partial charge is 0.0767 e. The van der Waals surface area contributed by atoms with E-state index in [2.05, 4.69) is 52.1 Å². The lowest BCUT2D eigenvalue weighted by Crippen LogP contribution is -2.50. The summed E-state index contributed by atoms with van der Waals surface area (Å²) in [4.78, 5) is 2.60. The summed E-state index contributed by atoms with van der Waals surface area (Å²) in [6, 6.07) is 0.658. The van der Waals surface area contributed by atoms with E-state index in [1.165, 1.54) is 28.7 Å². The van der Waals surface area contributed by atoms with Gasteiger partial charge in [-0.2, -0.15) is 5.10 Å². The van der Waals surface area contributed by atoms with Crippen LogP contribution in [0.4, 0.5) is 0 Å². The van der Waals surface area contributed by atoms with Crippen molar-refractivity contribution in [2.75, 3.05) is 19.6 Å². The molecule has 1 aliphatic heterocycles. The average molecular weight is 329 g/mol. The standard InChI is InChI=1S/C14H25BrN4/c1-4-6-11-9-16-7-8-19(11)10-13-14(15)12(5-2)17-18(13)3/h11,16H,4-10H2,1-3H3. The van der Waals surface area contributed by atoms with E-state index in [0.717, 1.165) is 32.6 Å². The molecule has 4 nitrogen and oxygen atoms in total. The van der Waals surface area contributed by atoms with Gasteiger partial charge in [-0.25, -0.2) is 0 Å². The summed E-state index contributed by atoms with van der Waals surface area (Å²) in [5.74, 6) is 0. The van der Waals surface area contributed by atoms with E-state index in [-0.39, 0.29) is 0 Å². The molecule has 5 heteroatoms. The third kappa shape index (κ3) is 3.38. The minimum Gasteiger partial charge on any atom is -0.314 e. The summed E-state index contributed by atoms with van der Waals surface area (Å²) in [5.41, 5.74) is 2.47. The van der Waals surface area contributed by atoms with Crippen LogP contribution in [0.5, 0.6) is 0 Å². The van der Waals surface area contributed by atoms with E-state index in [0.29, 0.717) is 6.04 Å². The highest BCUT2D eigenvalue weighted by molar-refractivity contribution is 9.10. The molecular formula is C14H25BrN4. The zero-order valence-corrected chi connectivity index (χ0v) is 13.8. The molecule has 1 fully saturated rings. The molecule has 1 saturated heterocycles. The van der Waals surface area contributed by atoms with E-state index in [9.17, 15) is 0 Å². The number of halogens is 1. The zero-order valence-electron chi connectivity index (χ0n) is 12.2. The fourth-order valence-electron chi connectivity index (χ4n) is 2.81. The van der Waals surface area contributed by atoms with Gasteiger partial charge in [0, 0.05) is 39.3 Å². The number of nitrogens with one attached hydrogen (secondary N) is 1. The monoisotopic (exact) mass is 328 g/mol. The van der Waals surface area contributed by atoms with Crippen LogP contribution in [0.25, 0.3) is 0 Å². The van der Waals surface area contributed by atoms with Gasteiger partial charge in [-0.3, -0.25) is 9.58 Å². The Morgan fingerprint density at radius 3 is 2.84 bits per heavy atom. The molecule has 1 aliphatic rings. The van der Waals surface area contributed by atoms with Gasteiger partial charge in [-0.05, 0) is 28.8 Å². The van der Waals surface area contributed by atoms with Crippen LogP contribution < -0.4 is 5.32 Å². The first-order valence-electron chi connectivity index (χ1n) is 7.32. The first-order valence-corrected chi connectivity index (χ1v) is 8.11. The maximum absolute atomic E-state index is 4.59. The van der Waals surface area contributed by atoms with Crippen molar-refractivity contribution in [3.8, 4) is 0 Å². The molecule has 0 spiro atoms. The Labute approximate surface area is 124 Å². The normalized spacial score (nSPS) is 20.9. The van der Waals surface area contributed by atoms with Crippen molar-refractivity contribution in [2.45, 2.75) is 45.7 Å². The highest BCUT2D eigenvalue weighted by Gasteiger charge is 2.24. The Balaban J connectivity index is 2.12. The van der Waals surface area contributed by atoms with E-state index >= 15 is 0 Å². The van der Waals surface area contributed by atoms with E-state index in [1.54, 1.807) is 0 Å². The predicted molar refractivity (Wildman–Crippen MR) is 82.3 cm³/mol. The molecule has 1 aromatic rings. The van der Waals surface area contributed by atoms with E-state index in [1.807, 2.05) is 4.68 Å². The third-order valence-corrected chi connectivity index (χ3v) is 4.87. The van der Waals surface area contributed by atoms with Crippen molar-refractivity contribution in [3.05, 3.63) is 15.9 Å². The van der Waals surface area contributed by atoms with Crippen LogP contribution in [-0.4, -0.2) is 40.4 Å². The fraction of sp³-hybridized carbons (Fsp3) is 0.786. The molecule has 0 amide bonds. The summed E-state index contributed by atoms with van der Waals surface area (Å²) in [5, 5.41) is 8.10. The van der Waals surface area contributed by atoms with E-state index < -0.39 is 0 Å². The number of hydrogen-bond donors (Lipinski definition) is 1. The third-order valence-electron chi connectivity index (χ3n) is 3.95. The second-order valence-electron chi connectivity index (χ2n) is 5.30. The summed E-state index contributed by atoms with van der Waals surface area (Å²) in [7, 11) is 2.05. The van der Waals surface area contributed by atoms with Crippen molar-refractivity contribution in [3.63, 3.8) is 0 Å². The lowest BCUT2D eigenvalue weighted by Gasteiger charge is -2.36. The molecule has 2 rings (SSSR count). The van der Waals surface area contributed by atoms with Gasteiger partial charge >= 0.3 is 0 Å². The Morgan fingerprint density at radius 2 is 2.21 bits per heavy atom. The van der Waals surface area contributed by atoms with Crippen LogP contribution in [0.2, 0.25) is 0 Å². The fourth-order valence-corrected chi connectivity index (χ4v) is 3.55. The van der Waals surface area contributed by atoms with Gasteiger partial charge in [0.2, 0.25) is 0 Å². The quantitative estimate of drug-likeness (QED) is 0.900. The maximum atomic E-state index is 4.59. The lowest BCUT2D eigenvalue weighted by atomic mass is 10.1. The van der Waals surface area contributed by atoms with Crippen LogP contribution in [0.1, 0.15) is 38.1 Å². The van der Waals surface area contributed by atoms with Crippen LogP contribution in [0.3, 0.4) is 0 Å². The lowest BCUT2D eigenvalue weighted by molar-refractivity contribution is 0.140. The Kier molecular flexibility index (Phi) is 5.42. The zero-order chi connectivity index (χ0) is 13.8. The first-order chi connectivity index (χ1) is 9.17. The highest BCUT2D eigenvalue weighted by Crippen LogP contribution is 2.24. The number of nitrogens with zero attached hydrogens (tertiary/aromatic N) is 3. The van der Waals surface area contributed by atoms with Gasteiger partial charge in [0.15, 0.2) is 0 Å². The summed E-state index contributed by atoms with van der Waals surface area (Å²) in [6.45, 7) is 8.75. The van der Waals surface area contributed by atoms with Crippen molar-refractivity contribution in [1.82, 2.24) is 20.0 Å². The molecular weight excluding hydrogens is 304 g/mol. The summed E-state index contributed by atoms with van der Waals surface area (Å²) < 4.78 is 3.24. The summed E-state index contributed by atoms with van der Waals surface area (Å²) >= 11 is 3.72. The molecule has 108 valence electrons. The number of hydrogen-bond acceptors (Lipinski definition) is 3. The van der Waals surface area contributed by atoms with Crippen LogP contribution >= 0.6 is 15.9 Å².